The van der Waals surface area contributed by atoms with E-state index in [4.69, 9.17) is 16.7 Å². The molecule has 1 aromatic carbocycles. The first-order valence-electron chi connectivity index (χ1n) is 7.44. The molecule has 0 radical (unpaired) electrons. The number of carboxylic acid groups (broad SMARTS) is 1. The maximum Gasteiger partial charge on any atom is 0.303 e. The van der Waals surface area contributed by atoms with Crippen molar-refractivity contribution < 1.29 is 14.3 Å². The molecule has 21 heavy (non-hydrogen) atoms. The number of hydrogen-bond acceptors (Lipinski definition) is 2. The fourth-order valence-corrected chi connectivity index (χ4v) is 4.10. The van der Waals surface area contributed by atoms with Gasteiger partial charge in [0.05, 0.1) is 0 Å². The molecule has 0 spiro atoms. The first kappa shape index (κ1) is 14.8. The smallest absolute Gasteiger partial charge is 0.303 e. The maximum absolute atomic E-state index is 13.4. The van der Waals surface area contributed by atoms with Crippen LogP contribution in [-0.2, 0) is 11.3 Å². The van der Waals surface area contributed by atoms with Gasteiger partial charge in [-0.2, -0.15) is 0 Å². The Morgan fingerprint density at radius 1 is 1.33 bits per heavy atom. The zero-order valence-electron chi connectivity index (χ0n) is 11.8. The Balaban J connectivity index is 1.71. The number of rotatable bonds is 4. The predicted octanol–water partition coefficient (Wildman–Crippen LogP) is 3.70. The average Bonchev–Trinajstić information content (AvgIpc) is 2.65. The van der Waals surface area contributed by atoms with Gasteiger partial charge in [-0.25, -0.2) is 4.39 Å². The number of nitrogens with zero attached hydrogens (tertiary/aromatic N) is 1. The number of aliphatic carboxylic acids is 1. The van der Waals surface area contributed by atoms with Crippen molar-refractivity contribution in [2.45, 2.75) is 50.7 Å². The summed E-state index contributed by atoms with van der Waals surface area (Å²) in [6.07, 6.45) is 4.33. The molecule has 3 rings (SSSR count). The van der Waals surface area contributed by atoms with Crippen molar-refractivity contribution in [1.29, 1.82) is 0 Å². The van der Waals surface area contributed by atoms with Crippen molar-refractivity contribution in [2.75, 3.05) is 0 Å². The highest BCUT2D eigenvalue weighted by molar-refractivity contribution is 6.31. The molecule has 3 nitrogen and oxygen atoms in total. The molecule has 5 heteroatoms. The fourth-order valence-electron chi connectivity index (χ4n) is 3.92. The monoisotopic (exact) mass is 311 g/mol. The summed E-state index contributed by atoms with van der Waals surface area (Å²) >= 11 is 6.16. The summed E-state index contributed by atoms with van der Waals surface area (Å²) in [5.74, 6) is -0.692. The number of halogens is 2. The van der Waals surface area contributed by atoms with Gasteiger partial charge in [0.15, 0.2) is 0 Å². The van der Waals surface area contributed by atoms with E-state index in [1.54, 1.807) is 6.07 Å². The molecular weight excluding hydrogens is 293 g/mol. The molecule has 2 heterocycles. The first-order chi connectivity index (χ1) is 10.0. The summed E-state index contributed by atoms with van der Waals surface area (Å²) in [5, 5.41) is 9.55. The van der Waals surface area contributed by atoms with E-state index in [2.05, 4.69) is 4.90 Å². The highest BCUT2D eigenvalue weighted by Crippen LogP contribution is 2.41. The van der Waals surface area contributed by atoms with Crippen LogP contribution in [0.3, 0.4) is 0 Å². The van der Waals surface area contributed by atoms with Crippen molar-refractivity contribution >= 4 is 17.6 Å². The minimum Gasteiger partial charge on any atom is -0.481 e. The first-order valence-corrected chi connectivity index (χ1v) is 7.82. The minimum atomic E-state index is -0.707. The fraction of sp³-hybridized carbons (Fsp3) is 0.562. The lowest BCUT2D eigenvalue weighted by Crippen LogP contribution is -2.42. The van der Waals surface area contributed by atoms with E-state index in [0.717, 1.165) is 31.2 Å². The Morgan fingerprint density at radius 2 is 2.00 bits per heavy atom. The number of hydrogen-bond donors (Lipinski definition) is 1. The van der Waals surface area contributed by atoms with Crippen molar-refractivity contribution in [3.63, 3.8) is 0 Å². The third-order valence-electron chi connectivity index (χ3n) is 4.81. The maximum atomic E-state index is 13.4. The Labute approximate surface area is 128 Å². The molecule has 2 unspecified atom stereocenters. The standard InChI is InChI=1S/C16H19ClFNO2/c17-15-4-1-12(18)8-11(15)9-19-13-2-3-14(19)6-10(5-13)7-16(20)21/h1,4,8,10,13-14H,2-3,5-7,9H2,(H,20,21). The van der Waals surface area contributed by atoms with Crippen molar-refractivity contribution in [3.05, 3.63) is 34.6 Å². The van der Waals surface area contributed by atoms with Crippen LogP contribution in [0.4, 0.5) is 4.39 Å². The molecule has 1 N–H and O–H groups in total. The summed E-state index contributed by atoms with van der Waals surface area (Å²) in [6.45, 7) is 0.658. The van der Waals surface area contributed by atoms with Crippen molar-refractivity contribution in [3.8, 4) is 0 Å². The predicted molar refractivity (Wildman–Crippen MR) is 78.7 cm³/mol. The third kappa shape index (κ3) is 3.22. The van der Waals surface area contributed by atoms with Crippen LogP contribution < -0.4 is 0 Å². The molecule has 1 aromatic rings. The van der Waals surface area contributed by atoms with E-state index in [1.165, 1.54) is 12.1 Å². The van der Waals surface area contributed by atoms with Crippen LogP contribution in [0.5, 0.6) is 0 Å². The third-order valence-corrected chi connectivity index (χ3v) is 5.17. The van der Waals surface area contributed by atoms with Crippen LogP contribution in [-0.4, -0.2) is 28.1 Å². The lowest BCUT2D eigenvalue weighted by molar-refractivity contribution is -0.138. The summed E-state index contributed by atoms with van der Waals surface area (Å²) < 4.78 is 13.4. The van der Waals surface area contributed by atoms with Gasteiger partial charge >= 0.3 is 5.97 Å². The highest BCUT2D eigenvalue weighted by Gasteiger charge is 2.41. The van der Waals surface area contributed by atoms with E-state index >= 15 is 0 Å². The van der Waals surface area contributed by atoms with Crippen LogP contribution in [0.25, 0.3) is 0 Å². The van der Waals surface area contributed by atoms with Gasteiger partial charge < -0.3 is 5.11 Å². The number of carbonyl (C=O) groups is 1. The Kier molecular flexibility index (Phi) is 4.18. The number of benzene rings is 1. The van der Waals surface area contributed by atoms with E-state index in [0.29, 0.717) is 23.7 Å². The summed E-state index contributed by atoms with van der Waals surface area (Å²) in [6, 6.07) is 5.30. The summed E-state index contributed by atoms with van der Waals surface area (Å²) in [5.41, 5.74) is 0.824. The molecule has 2 fully saturated rings. The number of piperidine rings is 1. The minimum absolute atomic E-state index is 0.262. The zero-order valence-corrected chi connectivity index (χ0v) is 12.5. The van der Waals surface area contributed by atoms with Crippen LogP contribution in [0, 0.1) is 11.7 Å². The van der Waals surface area contributed by atoms with Gasteiger partial charge in [0, 0.05) is 30.1 Å². The number of carboxylic acids is 1. The molecule has 114 valence electrons. The van der Waals surface area contributed by atoms with Gasteiger partial charge in [0.1, 0.15) is 5.82 Å². The second-order valence-corrected chi connectivity index (χ2v) is 6.64. The Bertz CT molecular complexity index is 537. The van der Waals surface area contributed by atoms with Gasteiger partial charge in [-0.1, -0.05) is 11.6 Å². The van der Waals surface area contributed by atoms with Gasteiger partial charge in [-0.3, -0.25) is 9.69 Å². The molecule has 0 saturated carbocycles. The van der Waals surface area contributed by atoms with Crippen molar-refractivity contribution in [1.82, 2.24) is 4.90 Å². The molecule has 0 aromatic heterocycles. The molecule has 0 aliphatic carbocycles. The van der Waals surface area contributed by atoms with Crippen LogP contribution in [0.15, 0.2) is 18.2 Å². The van der Waals surface area contributed by atoms with Gasteiger partial charge in [0.2, 0.25) is 0 Å². The normalized spacial score (nSPS) is 28.8. The second kappa shape index (κ2) is 5.93. The van der Waals surface area contributed by atoms with E-state index in [-0.39, 0.29) is 18.2 Å². The SMILES string of the molecule is O=C(O)CC1CC2CCC(C1)N2Cc1cc(F)ccc1Cl. The van der Waals surface area contributed by atoms with Gasteiger partial charge in [0.25, 0.3) is 0 Å². The molecule has 2 saturated heterocycles. The van der Waals surface area contributed by atoms with Gasteiger partial charge in [-0.05, 0) is 55.4 Å². The van der Waals surface area contributed by atoms with Gasteiger partial charge in [-0.15, -0.1) is 0 Å². The van der Waals surface area contributed by atoms with E-state index < -0.39 is 5.97 Å². The average molecular weight is 312 g/mol. The van der Waals surface area contributed by atoms with E-state index in [9.17, 15) is 9.18 Å². The van der Waals surface area contributed by atoms with Crippen LogP contribution in [0.1, 0.15) is 37.7 Å². The molecular formula is C16H19ClFNO2. The molecule has 2 aliphatic rings. The lowest BCUT2D eigenvalue weighted by atomic mass is 9.88. The molecule has 0 amide bonds. The quantitative estimate of drug-likeness (QED) is 0.922. The number of fused-ring (bicyclic) bond motifs is 2. The van der Waals surface area contributed by atoms with Crippen molar-refractivity contribution in [2.24, 2.45) is 5.92 Å². The lowest BCUT2D eigenvalue weighted by Gasteiger charge is -2.38. The largest absolute Gasteiger partial charge is 0.481 e. The summed E-state index contributed by atoms with van der Waals surface area (Å²) in [7, 11) is 0. The summed E-state index contributed by atoms with van der Waals surface area (Å²) in [4.78, 5) is 13.3. The Morgan fingerprint density at radius 3 is 2.62 bits per heavy atom. The van der Waals surface area contributed by atoms with Crippen LogP contribution in [0.2, 0.25) is 5.02 Å². The highest BCUT2D eigenvalue weighted by atomic mass is 35.5. The second-order valence-electron chi connectivity index (χ2n) is 6.23. The molecule has 2 bridgehead atoms. The zero-order chi connectivity index (χ0) is 15.0. The van der Waals surface area contributed by atoms with Crippen LogP contribution >= 0.6 is 11.6 Å². The molecule has 2 atom stereocenters. The Hall–Kier alpha value is -1.13. The van der Waals surface area contributed by atoms with E-state index in [1.807, 2.05) is 0 Å². The topological polar surface area (TPSA) is 40.5 Å². The molecule has 2 aliphatic heterocycles.